The summed E-state index contributed by atoms with van der Waals surface area (Å²) < 4.78 is 5.41. The van der Waals surface area contributed by atoms with E-state index in [1.807, 2.05) is 31.2 Å². The third-order valence-corrected chi connectivity index (χ3v) is 5.65. The van der Waals surface area contributed by atoms with Gasteiger partial charge in [0.25, 0.3) is 0 Å². The van der Waals surface area contributed by atoms with Crippen LogP contribution >= 0.6 is 11.3 Å². The minimum Gasteiger partial charge on any atom is -0.494 e. The molecule has 2 aromatic rings. The lowest BCUT2D eigenvalue weighted by atomic mass is 9.88. The molecule has 1 aromatic heterocycles. The summed E-state index contributed by atoms with van der Waals surface area (Å²) in [6.07, 6.45) is 3.34. The summed E-state index contributed by atoms with van der Waals surface area (Å²) in [5.41, 5.74) is 2.73. The van der Waals surface area contributed by atoms with E-state index < -0.39 is 0 Å². The van der Waals surface area contributed by atoms with Crippen LogP contribution in [0.3, 0.4) is 0 Å². The number of nitrogens with one attached hydrogen (secondary N) is 1. The van der Waals surface area contributed by atoms with E-state index in [0.717, 1.165) is 36.1 Å². The number of nitrogens with zero attached hydrogens (tertiary/aromatic N) is 1. The van der Waals surface area contributed by atoms with E-state index in [0.29, 0.717) is 23.1 Å². The molecule has 0 saturated carbocycles. The van der Waals surface area contributed by atoms with Crippen LogP contribution in [0.5, 0.6) is 5.75 Å². The van der Waals surface area contributed by atoms with Gasteiger partial charge in [-0.1, -0.05) is 19.1 Å². The third-order valence-electron chi connectivity index (χ3n) is 4.48. The molecule has 25 heavy (non-hydrogen) atoms. The first-order valence-corrected chi connectivity index (χ1v) is 9.48. The summed E-state index contributed by atoms with van der Waals surface area (Å²) in [6.45, 7) is 4.80. The molecule has 3 rings (SSSR count). The number of hydrogen-bond acceptors (Lipinski definition) is 4. The van der Waals surface area contributed by atoms with E-state index in [2.05, 4.69) is 18.3 Å². The number of ether oxygens (including phenoxy) is 1. The zero-order valence-corrected chi connectivity index (χ0v) is 15.4. The van der Waals surface area contributed by atoms with Crippen molar-refractivity contribution in [2.24, 2.45) is 5.92 Å². The molecule has 0 aliphatic heterocycles. The number of carbonyl (C=O) groups is 1. The summed E-state index contributed by atoms with van der Waals surface area (Å²) in [5, 5.41) is 13.2. The Bertz CT molecular complexity index is 802. The SMILES string of the molecule is CCOc1ccc(CC(=O)Nc2sc3c(c2C#N)CC[C@H](C)C3)cc1. The van der Waals surface area contributed by atoms with Gasteiger partial charge >= 0.3 is 0 Å². The molecule has 0 saturated heterocycles. The summed E-state index contributed by atoms with van der Waals surface area (Å²) in [4.78, 5) is 13.6. The molecule has 1 heterocycles. The van der Waals surface area contributed by atoms with Gasteiger partial charge in [-0.25, -0.2) is 0 Å². The summed E-state index contributed by atoms with van der Waals surface area (Å²) in [5.74, 6) is 1.36. The molecule has 1 aliphatic rings. The number of fused-ring (bicyclic) bond motifs is 1. The Morgan fingerprint density at radius 3 is 2.84 bits per heavy atom. The number of rotatable bonds is 5. The fourth-order valence-electron chi connectivity index (χ4n) is 3.18. The van der Waals surface area contributed by atoms with Gasteiger partial charge in [-0.2, -0.15) is 5.26 Å². The molecule has 1 aliphatic carbocycles. The van der Waals surface area contributed by atoms with Gasteiger partial charge < -0.3 is 10.1 Å². The van der Waals surface area contributed by atoms with Gasteiger partial charge in [-0.05, 0) is 55.4 Å². The zero-order valence-electron chi connectivity index (χ0n) is 14.6. The van der Waals surface area contributed by atoms with E-state index in [1.165, 1.54) is 4.88 Å². The predicted octanol–water partition coefficient (Wildman–Crippen LogP) is 4.32. The highest BCUT2D eigenvalue weighted by molar-refractivity contribution is 7.16. The molecule has 5 heteroatoms. The molecule has 1 amide bonds. The van der Waals surface area contributed by atoms with E-state index in [4.69, 9.17) is 4.74 Å². The number of anilines is 1. The molecular weight excluding hydrogens is 332 g/mol. The van der Waals surface area contributed by atoms with Crippen molar-refractivity contribution >= 4 is 22.2 Å². The van der Waals surface area contributed by atoms with Crippen molar-refractivity contribution < 1.29 is 9.53 Å². The molecule has 1 aromatic carbocycles. The lowest BCUT2D eigenvalue weighted by molar-refractivity contribution is -0.115. The number of nitriles is 1. The highest BCUT2D eigenvalue weighted by Gasteiger charge is 2.24. The fourth-order valence-corrected chi connectivity index (χ4v) is 4.56. The fraction of sp³-hybridized carbons (Fsp3) is 0.400. The van der Waals surface area contributed by atoms with Crippen LogP contribution in [0.15, 0.2) is 24.3 Å². The van der Waals surface area contributed by atoms with Crippen molar-refractivity contribution in [2.45, 2.75) is 39.5 Å². The normalized spacial score (nSPS) is 16.0. The first-order chi connectivity index (χ1) is 12.1. The molecule has 0 bridgehead atoms. The van der Waals surface area contributed by atoms with Crippen LogP contribution in [0.1, 0.15) is 41.8 Å². The first kappa shape index (κ1) is 17.5. The Morgan fingerprint density at radius 1 is 1.40 bits per heavy atom. The summed E-state index contributed by atoms with van der Waals surface area (Å²) >= 11 is 1.56. The number of amides is 1. The van der Waals surface area contributed by atoms with Gasteiger partial charge in [-0.15, -0.1) is 11.3 Å². The van der Waals surface area contributed by atoms with Crippen LogP contribution < -0.4 is 10.1 Å². The molecule has 1 atom stereocenters. The van der Waals surface area contributed by atoms with Gasteiger partial charge in [0.05, 0.1) is 18.6 Å². The number of hydrogen-bond donors (Lipinski definition) is 1. The molecule has 4 nitrogen and oxygen atoms in total. The lowest BCUT2D eigenvalue weighted by Gasteiger charge is -2.17. The Morgan fingerprint density at radius 2 is 2.16 bits per heavy atom. The van der Waals surface area contributed by atoms with Gasteiger partial charge in [0.2, 0.25) is 5.91 Å². The Balaban J connectivity index is 1.70. The molecule has 0 fully saturated rings. The van der Waals surface area contributed by atoms with Gasteiger partial charge in [0.15, 0.2) is 0 Å². The van der Waals surface area contributed by atoms with Crippen molar-refractivity contribution in [3.05, 3.63) is 45.8 Å². The molecule has 0 spiro atoms. The maximum absolute atomic E-state index is 12.4. The van der Waals surface area contributed by atoms with Crippen molar-refractivity contribution in [2.75, 3.05) is 11.9 Å². The number of thiophene rings is 1. The average molecular weight is 354 g/mol. The minimum atomic E-state index is -0.0905. The van der Waals surface area contributed by atoms with Crippen molar-refractivity contribution in [3.63, 3.8) is 0 Å². The summed E-state index contributed by atoms with van der Waals surface area (Å²) in [7, 11) is 0. The van der Waals surface area contributed by atoms with Crippen molar-refractivity contribution in [1.29, 1.82) is 5.26 Å². The highest BCUT2D eigenvalue weighted by atomic mass is 32.1. The number of carbonyl (C=O) groups excluding carboxylic acids is 1. The maximum Gasteiger partial charge on any atom is 0.229 e. The molecule has 0 radical (unpaired) electrons. The molecule has 0 unspecified atom stereocenters. The summed E-state index contributed by atoms with van der Waals surface area (Å²) in [6, 6.07) is 9.83. The zero-order chi connectivity index (χ0) is 17.8. The average Bonchev–Trinajstić information content (AvgIpc) is 2.92. The maximum atomic E-state index is 12.4. The second-order valence-electron chi connectivity index (χ2n) is 6.47. The van der Waals surface area contributed by atoms with E-state index >= 15 is 0 Å². The Kier molecular flexibility index (Phi) is 5.40. The van der Waals surface area contributed by atoms with Crippen LogP contribution in [0.4, 0.5) is 5.00 Å². The molecular formula is C20H22N2O2S. The second-order valence-corrected chi connectivity index (χ2v) is 7.57. The molecule has 130 valence electrons. The topological polar surface area (TPSA) is 62.1 Å². The quantitative estimate of drug-likeness (QED) is 0.869. The van der Waals surface area contributed by atoms with Crippen LogP contribution in [-0.2, 0) is 24.1 Å². The van der Waals surface area contributed by atoms with Gasteiger partial charge in [-0.3, -0.25) is 4.79 Å². The van der Waals surface area contributed by atoms with Crippen LogP contribution in [0.25, 0.3) is 0 Å². The monoisotopic (exact) mass is 354 g/mol. The van der Waals surface area contributed by atoms with Crippen LogP contribution in [0, 0.1) is 17.2 Å². The molecule has 1 N–H and O–H groups in total. The van der Waals surface area contributed by atoms with E-state index in [9.17, 15) is 10.1 Å². The Hall–Kier alpha value is -2.32. The predicted molar refractivity (Wildman–Crippen MR) is 100 cm³/mol. The largest absolute Gasteiger partial charge is 0.494 e. The standard InChI is InChI=1S/C20H22N2O2S/c1-3-24-15-7-5-14(6-8-15)11-19(23)22-20-17(12-21)16-9-4-13(2)10-18(16)25-20/h5-8,13H,3-4,9-11H2,1-2H3,(H,22,23)/t13-/m0/s1. The van der Waals surface area contributed by atoms with Crippen molar-refractivity contribution in [1.82, 2.24) is 0 Å². The Labute approximate surface area is 152 Å². The first-order valence-electron chi connectivity index (χ1n) is 8.67. The third kappa shape index (κ3) is 4.02. The minimum absolute atomic E-state index is 0.0905. The highest BCUT2D eigenvalue weighted by Crippen LogP contribution is 2.39. The van der Waals surface area contributed by atoms with Gasteiger partial charge in [0.1, 0.15) is 16.8 Å². The number of benzene rings is 1. The second kappa shape index (κ2) is 7.71. The van der Waals surface area contributed by atoms with Crippen LogP contribution in [-0.4, -0.2) is 12.5 Å². The smallest absolute Gasteiger partial charge is 0.229 e. The lowest BCUT2D eigenvalue weighted by Crippen LogP contribution is -2.14. The van der Waals surface area contributed by atoms with Crippen LogP contribution in [0.2, 0.25) is 0 Å². The van der Waals surface area contributed by atoms with Gasteiger partial charge in [0, 0.05) is 4.88 Å². The van der Waals surface area contributed by atoms with Crippen molar-refractivity contribution in [3.8, 4) is 11.8 Å². The van der Waals surface area contributed by atoms with E-state index in [1.54, 1.807) is 11.3 Å². The van der Waals surface area contributed by atoms with E-state index in [-0.39, 0.29) is 12.3 Å².